The quantitative estimate of drug-likeness (QED) is 0.768. The van der Waals surface area contributed by atoms with Crippen molar-refractivity contribution in [3.05, 3.63) is 53.2 Å². The lowest BCUT2D eigenvalue weighted by atomic mass is 10.1. The maximum Gasteiger partial charge on any atom is 0.143 e. The van der Waals surface area contributed by atoms with E-state index in [0.717, 1.165) is 20.9 Å². The lowest BCUT2D eigenvalue weighted by Gasteiger charge is -2.08. The fourth-order valence-corrected chi connectivity index (χ4v) is 2.83. The number of phenolic OH excluding ortho intramolecular Hbond substituents is 1. The van der Waals surface area contributed by atoms with Crippen LogP contribution in [0.1, 0.15) is 16.6 Å². The Morgan fingerprint density at radius 2 is 2.00 bits per heavy atom. The van der Waals surface area contributed by atoms with Gasteiger partial charge in [0.1, 0.15) is 21.1 Å². The number of aromatic hydroxyl groups is 1. The number of aromatic nitrogens is 2. The minimum Gasteiger partial charge on any atom is -0.508 e. The zero-order valence-electron chi connectivity index (χ0n) is 10.2. The number of thiazole rings is 1. The number of nitrogens with zero attached hydrogens (tertiary/aromatic N) is 2. The second kappa shape index (κ2) is 4.95. The van der Waals surface area contributed by atoms with E-state index in [1.807, 2.05) is 24.3 Å². The van der Waals surface area contributed by atoms with Gasteiger partial charge in [-0.3, -0.25) is 0 Å². The normalized spacial score (nSPS) is 12.7. The fraction of sp³-hybridized carbons (Fsp3) is 0.143. The number of nitrogens with two attached hydrogens (primary N) is 1. The first-order valence-electron chi connectivity index (χ1n) is 5.97. The molecule has 4 nitrogen and oxygen atoms in total. The summed E-state index contributed by atoms with van der Waals surface area (Å²) in [6, 6.07) is 10.8. The fourth-order valence-electron chi connectivity index (χ4n) is 1.92. The molecule has 5 heteroatoms. The summed E-state index contributed by atoms with van der Waals surface area (Å²) in [5.74, 6) is 0.265. The predicted octanol–water partition coefficient (Wildman–Crippen LogP) is 2.64. The number of phenols is 1. The van der Waals surface area contributed by atoms with Crippen LogP contribution in [-0.4, -0.2) is 15.1 Å². The van der Waals surface area contributed by atoms with Crippen molar-refractivity contribution in [1.29, 1.82) is 0 Å². The largest absolute Gasteiger partial charge is 0.508 e. The maximum absolute atomic E-state index is 9.25. The second-order valence-electron chi connectivity index (χ2n) is 4.36. The number of fused-ring (bicyclic) bond motifs is 1. The van der Waals surface area contributed by atoms with E-state index < -0.39 is 0 Å². The molecule has 19 heavy (non-hydrogen) atoms. The van der Waals surface area contributed by atoms with Crippen LogP contribution in [0.25, 0.3) is 10.3 Å². The highest BCUT2D eigenvalue weighted by atomic mass is 32.1. The van der Waals surface area contributed by atoms with E-state index >= 15 is 0 Å². The van der Waals surface area contributed by atoms with Gasteiger partial charge in [0.15, 0.2) is 0 Å². The average Bonchev–Trinajstić information content (AvgIpc) is 2.85. The molecule has 2 heterocycles. The van der Waals surface area contributed by atoms with Crippen molar-refractivity contribution < 1.29 is 5.11 Å². The number of rotatable bonds is 3. The van der Waals surface area contributed by atoms with Gasteiger partial charge in [-0.1, -0.05) is 23.5 Å². The molecule has 2 aromatic heterocycles. The molecular formula is C14H13N3OS. The van der Waals surface area contributed by atoms with Crippen LogP contribution in [-0.2, 0) is 6.42 Å². The van der Waals surface area contributed by atoms with E-state index in [-0.39, 0.29) is 11.8 Å². The summed E-state index contributed by atoms with van der Waals surface area (Å²) in [6.07, 6.45) is 2.45. The number of hydrogen-bond acceptors (Lipinski definition) is 5. The summed E-state index contributed by atoms with van der Waals surface area (Å²) in [7, 11) is 0. The highest BCUT2D eigenvalue weighted by molar-refractivity contribution is 7.18. The van der Waals surface area contributed by atoms with Crippen molar-refractivity contribution in [2.75, 3.05) is 0 Å². The van der Waals surface area contributed by atoms with Gasteiger partial charge in [-0.25, -0.2) is 9.97 Å². The molecule has 96 valence electrons. The highest BCUT2D eigenvalue weighted by Gasteiger charge is 2.13. The molecule has 0 fully saturated rings. The molecular weight excluding hydrogens is 258 g/mol. The minimum atomic E-state index is -0.149. The van der Waals surface area contributed by atoms with Gasteiger partial charge in [-0.05, 0) is 36.2 Å². The number of pyridine rings is 1. The molecule has 0 aliphatic carbocycles. The van der Waals surface area contributed by atoms with Crippen molar-refractivity contribution >= 4 is 21.7 Å². The van der Waals surface area contributed by atoms with Crippen LogP contribution in [0.3, 0.4) is 0 Å². The Balaban J connectivity index is 1.83. The van der Waals surface area contributed by atoms with Crippen LogP contribution in [0.4, 0.5) is 0 Å². The zero-order chi connectivity index (χ0) is 13.2. The summed E-state index contributed by atoms with van der Waals surface area (Å²) >= 11 is 1.53. The number of benzene rings is 1. The third-order valence-electron chi connectivity index (χ3n) is 2.89. The average molecular weight is 271 g/mol. The first-order valence-corrected chi connectivity index (χ1v) is 6.79. The Morgan fingerprint density at radius 3 is 2.74 bits per heavy atom. The summed E-state index contributed by atoms with van der Waals surface area (Å²) in [4.78, 5) is 9.69. The van der Waals surface area contributed by atoms with Crippen molar-refractivity contribution in [3.8, 4) is 5.75 Å². The molecule has 0 radical (unpaired) electrons. The van der Waals surface area contributed by atoms with E-state index in [1.165, 1.54) is 11.3 Å². The SMILES string of the molecule is NC(Cc1ccc(O)cc1)c1nc2cccnc2s1. The van der Waals surface area contributed by atoms with Gasteiger partial charge in [0, 0.05) is 6.20 Å². The van der Waals surface area contributed by atoms with E-state index in [0.29, 0.717) is 6.42 Å². The summed E-state index contributed by atoms with van der Waals surface area (Å²) < 4.78 is 0. The molecule has 1 unspecified atom stereocenters. The molecule has 0 spiro atoms. The van der Waals surface area contributed by atoms with Gasteiger partial charge in [0.05, 0.1) is 6.04 Å². The highest BCUT2D eigenvalue weighted by Crippen LogP contribution is 2.25. The zero-order valence-corrected chi connectivity index (χ0v) is 11.0. The maximum atomic E-state index is 9.25. The topological polar surface area (TPSA) is 72.0 Å². The Labute approximate surface area is 114 Å². The third-order valence-corrected chi connectivity index (χ3v) is 4.00. The Morgan fingerprint density at radius 1 is 1.21 bits per heavy atom. The van der Waals surface area contributed by atoms with Gasteiger partial charge in [0.2, 0.25) is 0 Å². The molecule has 0 saturated carbocycles. The molecule has 1 aromatic carbocycles. The van der Waals surface area contributed by atoms with E-state index in [9.17, 15) is 5.11 Å². The van der Waals surface area contributed by atoms with Gasteiger partial charge in [0.25, 0.3) is 0 Å². The lowest BCUT2D eigenvalue weighted by molar-refractivity contribution is 0.475. The number of hydrogen-bond donors (Lipinski definition) is 2. The van der Waals surface area contributed by atoms with E-state index in [1.54, 1.807) is 18.3 Å². The monoisotopic (exact) mass is 271 g/mol. The van der Waals surface area contributed by atoms with Gasteiger partial charge >= 0.3 is 0 Å². The molecule has 0 amide bonds. The Hall–Kier alpha value is -1.98. The molecule has 3 rings (SSSR count). The van der Waals surface area contributed by atoms with Crippen molar-refractivity contribution in [2.45, 2.75) is 12.5 Å². The van der Waals surface area contributed by atoms with Gasteiger partial charge in [-0.15, -0.1) is 0 Å². The minimum absolute atomic E-state index is 0.149. The first kappa shape index (κ1) is 12.1. The molecule has 0 aliphatic rings. The van der Waals surface area contributed by atoms with Crippen molar-refractivity contribution in [2.24, 2.45) is 5.73 Å². The first-order chi connectivity index (χ1) is 9.22. The Bertz CT molecular complexity index is 660. The van der Waals surface area contributed by atoms with Crippen LogP contribution in [0.5, 0.6) is 5.75 Å². The Kier molecular flexibility index (Phi) is 3.15. The summed E-state index contributed by atoms with van der Waals surface area (Å²) in [5, 5.41) is 10.1. The van der Waals surface area contributed by atoms with Crippen molar-refractivity contribution in [1.82, 2.24) is 9.97 Å². The molecule has 0 bridgehead atoms. The molecule has 1 atom stereocenters. The predicted molar refractivity (Wildman–Crippen MR) is 76.2 cm³/mol. The van der Waals surface area contributed by atoms with Gasteiger partial charge < -0.3 is 10.8 Å². The van der Waals surface area contributed by atoms with Crippen LogP contribution < -0.4 is 5.73 Å². The molecule has 0 aliphatic heterocycles. The summed E-state index contributed by atoms with van der Waals surface area (Å²) in [5.41, 5.74) is 8.16. The standard InChI is InChI=1S/C14H13N3OS/c15-11(8-9-3-5-10(18)6-4-9)13-17-12-2-1-7-16-14(12)19-13/h1-7,11,18H,8,15H2. The molecule has 0 saturated heterocycles. The van der Waals surface area contributed by atoms with Crippen LogP contribution >= 0.6 is 11.3 Å². The third kappa shape index (κ3) is 2.57. The molecule has 3 N–H and O–H groups in total. The smallest absolute Gasteiger partial charge is 0.143 e. The van der Waals surface area contributed by atoms with Crippen LogP contribution in [0.2, 0.25) is 0 Å². The van der Waals surface area contributed by atoms with Crippen LogP contribution in [0.15, 0.2) is 42.6 Å². The summed E-state index contributed by atoms with van der Waals surface area (Å²) in [6.45, 7) is 0. The van der Waals surface area contributed by atoms with Gasteiger partial charge in [-0.2, -0.15) is 0 Å². The van der Waals surface area contributed by atoms with Crippen molar-refractivity contribution in [3.63, 3.8) is 0 Å². The van der Waals surface area contributed by atoms with Crippen LogP contribution in [0, 0.1) is 0 Å². The van der Waals surface area contributed by atoms with E-state index in [2.05, 4.69) is 9.97 Å². The van der Waals surface area contributed by atoms with E-state index in [4.69, 9.17) is 5.73 Å². The lowest BCUT2D eigenvalue weighted by Crippen LogP contribution is -2.12. The molecule has 3 aromatic rings. The second-order valence-corrected chi connectivity index (χ2v) is 5.37.